The predicted octanol–water partition coefficient (Wildman–Crippen LogP) is 2.55. The average molecular weight is 220 g/mol. The van der Waals surface area contributed by atoms with Crippen LogP contribution in [0.15, 0.2) is 18.2 Å². The normalized spacial score (nSPS) is 15.8. The van der Waals surface area contributed by atoms with Gasteiger partial charge < -0.3 is 5.32 Å². The first-order valence-electron chi connectivity index (χ1n) is 5.65. The Kier molecular flexibility index (Phi) is 3.19. The van der Waals surface area contributed by atoms with E-state index in [2.05, 4.69) is 5.32 Å². The van der Waals surface area contributed by atoms with Crippen molar-refractivity contribution in [3.63, 3.8) is 0 Å². The number of hydrogen-bond acceptors (Lipinski definition) is 3. The van der Waals surface area contributed by atoms with E-state index in [9.17, 15) is 10.1 Å². The average Bonchev–Trinajstić information content (AvgIpc) is 2.17. The van der Waals surface area contributed by atoms with Gasteiger partial charge in [-0.3, -0.25) is 10.1 Å². The third-order valence-electron chi connectivity index (χ3n) is 3.30. The Bertz CT molecular complexity index is 400. The highest BCUT2D eigenvalue weighted by molar-refractivity contribution is 5.44. The van der Waals surface area contributed by atoms with Crippen LogP contribution in [0, 0.1) is 17.0 Å². The predicted molar refractivity (Wildman–Crippen MR) is 62.3 cm³/mol. The number of nitro benzene ring substituents is 1. The minimum absolute atomic E-state index is 0.216. The molecule has 0 amide bonds. The molecule has 4 nitrogen and oxygen atoms in total. The molecule has 1 aromatic rings. The Hall–Kier alpha value is -1.42. The monoisotopic (exact) mass is 220 g/mol. The molecule has 0 saturated heterocycles. The fourth-order valence-electron chi connectivity index (χ4n) is 1.93. The molecule has 1 N–H and O–H groups in total. The van der Waals surface area contributed by atoms with Crippen molar-refractivity contribution in [2.24, 2.45) is 0 Å². The zero-order valence-electron chi connectivity index (χ0n) is 9.40. The van der Waals surface area contributed by atoms with E-state index >= 15 is 0 Å². The van der Waals surface area contributed by atoms with Gasteiger partial charge in [-0.1, -0.05) is 18.6 Å². The maximum Gasteiger partial charge on any atom is 0.272 e. The van der Waals surface area contributed by atoms with E-state index in [0.717, 1.165) is 17.7 Å². The molecule has 1 saturated carbocycles. The first kappa shape index (κ1) is 11.1. The zero-order chi connectivity index (χ0) is 11.5. The Morgan fingerprint density at radius 2 is 2.25 bits per heavy atom. The minimum atomic E-state index is -0.317. The van der Waals surface area contributed by atoms with Gasteiger partial charge in [-0.15, -0.1) is 0 Å². The van der Waals surface area contributed by atoms with Gasteiger partial charge in [0.05, 0.1) is 4.92 Å². The summed E-state index contributed by atoms with van der Waals surface area (Å²) < 4.78 is 0. The van der Waals surface area contributed by atoms with E-state index in [1.54, 1.807) is 12.1 Å². The van der Waals surface area contributed by atoms with Gasteiger partial charge in [-0.25, -0.2) is 0 Å². The molecule has 1 aliphatic carbocycles. The summed E-state index contributed by atoms with van der Waals surface area (Å²) in [5, 5.41) is 14.2. The van der Waals surface area contributed by atoms with Crippen LogP contribution in [0.3, 0.4) is 0 Å². The van der Waals surface area contributed by atoms with Gasteiger partial charge in [0.25, 0.3) is 5.69 Å². The van der Waals surface area contributed by atoms with Gasteiger partial charge in [0.1, 0.15) is 0 Å². The highest BCUT2D eigenvalue weighted by Gasteiger charge is 2.18. The molecule has 0 spiro atoms. The molecule has 0 unspecified atom stereocenters. The maximum atomic E-state index is 10.8. The lowest BCUT2D eigenvalue weighted by molar-refractivity contribution is -0.385. The summed E-state index contributed by atoms with van der Waals surface area (Å²) in [6.45, 7) is 2.55. The largest absolute Gasteiger partial charge is 0.310 e. The molecular formula is C12H16N2O2. The van der Waals surface area contributed by atoms with Crippen LogP contribution in [0.4, 0.5) is 5.69 Å². The Labute approximate surface area is 94.8 Å². The Morgan fingerprint density at radius 1 is 1.50 bits per heavy atom. The van der Waals surface area contributed by atoms with Crippen LogP contribution < -0.4 is 5.32 Å². The lowest BCUT2D eigenvalue weighted by atomic mass is 9.93. The third-order valence-corrected chi connectivity index (χ3v) is 3.30. The summed E-state index contributed by atoms with van der Waals surface area (Å²) in [5.74, 6) is 0. The number of nitro groups is 1. The van der Waals surface area contributed by atoms with Gasteiger partial charge >= 0.3 is 0 Å². The SMILES string of the molecule is Cc1c(CNC2CCC2)cccc1[N+](=O)[O-]. The van der Waals surface area contributed by atoms with Crippen LogP contribution in [-0.2, 0) is 6.54 Å². The van der Waals surface area contributed by atoms with E-state index in [4.69, 9.17) is 0 Å². The Morgan fingerprint density at radius 3 is 2.81 bits per heavy atom. The minimum Gasteiger partial charge on any atom is -0.310 e. The topological polar surface area (TPSA) is 55.2 Å². The van der Waals surface area contributed by atoms with Crippen molar-refractivity contribution in [1.29, 1.82) is 0 Å². The van der Waals surface area contributed by atoms with E-state index < -0.39 is 0 Å². The van der Waals surface area contributed by atoms with Gasteiger partial charge in [0.2, 0.25) is 0 Å². The number of benzene rings is 1. The van der Waals surface area contributed by atoms with Gasteiger partial charge in [0.15, 0.2) is 0 Å². The second-order valence-electron chi connectivity index (χ2n) is 4.33. The number of nitrogens with one attached hydrogen (secondary N) is 1. The first-order chi connectivity index (χ1) is 7.68. The van der Waals surface area contributed by atoms with Crippen LogP contribution >= 0.6 is 0 Å². The molecule has 0 bridgehead atoms. The van der Waals surface area contributed by atoms with Crippen molar-refractivity contribution in [2.75, 3.05) is 0 Å². The first-order valence-corrected chi connectivity index (χ1v) is 5.65. The van der Waals surface area contributed by atoms with Crippen LogP contribution in [0.25, 0.3) is 0 Å². The highest BCUT2D eigenvalue weighted by Crippen LogP contribution is 2.23. The summed E-state index contributed by atoms with van der Waals surface area (Å²) in [7, 11) is 0. The van der Waals surface area contributed by atoms with Crippen molar-refractivity contribution < 1.29 is 4.92 Å². The van der Waals surface area contributed by atoms with Gasteiger partial charge in [-0.05, 0) is 25.3 Å². The van der Waals surface area contributed by atoms with E-state index in [1.807, 2.05) is 13.0 Å². The highest BCUT2D eigenvalue weighted by atomic mass is 16.6. The third kappa shape index (κ3) is 2.22. The summed E-state index contributed by atoms with van der Waals surface area (Å²) in [6, 6.07) is 5.87. The molecule has 0 aliphatic heterocycles. The molecule has 1 fully saturated rings. The number of hydrogen-bond donors (Lipinski definition) is 1. The van der Waals surface area contributed by atoms with Crippen LogP contribution in [-0.4, -0.2) is 11.0 Å². The quantitative estimate of drug-likeness (QED) is 0.626. The van der Waals surface area contributed by atoms with Crippen LogP contribution in [0.2, 0.25) is 0 Å². The smallest absolute Gasteiger partial charge is 0.272 e. The standard InChI is InChI=1S/C12H16N2O2/c1-9-10(8-13-11-5-3-6-11)4-2-7-12(9)14(15)16/h2,4,7,11,13H,3,5-6,8H2,1H3. The number of rotatable bonds is 4. The molecule has 1 aromatic carbocycles. The zero-order valence-corrected chi connectivity index (χ0v) is 9.40. The molecule has 16 heavy (non-hydrogen) atoms. The maximum absolute atomic E-state index is 10.8. The van der Waals surface area contributed by atoms with Gasteiger partial charge in [0, 0.05) is 24.2 Å². The molecule has 0 radical (unpaired) electrons. The van der Waals surface area contributed by atoms with E-state index in [-0.39, 0.29) is 10.6 Å². The molecule has 0 heterocycles. The van der Waals surface area contributed by atoms with Crippen molar-refractivity contribution in [2.45, 2.75) is 38.8 Å². The molecule has 1 aliphatic rings. The molecule has 0 atom stereocenters. The molecule has 2 rings (SSSR count). The van der Waals surface area contributed by atoms with Crippen molar-refractivity contribution in [3.8, 4) is 0 Å². The molecule has 4 heteroatoms. The molecule has 86 valence electrons. The van der Waals surface area contributed by atoms with Gasteiger partial charge in [-0.2, -0.15) is 0 Å². The van der Waals surface area contributed by atoms with Crippen LogP contribution in [0.1, 0.15) is 30.4 Å². The summed E-state index contributed by atoms with van der Waals surface area (Å²) in [4.78, 5) is 10.4. The van der Waals surface area contributed by atoms with Crippen molar-refractivity contribution >= 4 is 5.69 Å². The van der Waals surface area contributed by atoms with Crippen molar-refractivity contribution in [3.05, 3.63) is 39.4 Å². The van der Waals surface area contributed by atoms with E-state index in [0.29, 0.717) is 6.04 Å². The second kappa shape index (κ2) is 4.61. The summed E-state index contributed by atoms with van der Waals surface area (Å²) in [6.07, 6.45) is 3.76. The second-order valence-corrected chi connectivity index (χ2v) is 4.33. The fraction of sp³-hybridized carbons (Fsp3) is 0.500. The fourth-order valence-corrected chi connectivity index (χ4v) is 1.93. The molecular weight excluding hydrogens is 204 g/mol. The lowest BCUT2D eigenvalue weighted by Gasteiger charge is -2.26. The summed E-state index contributed by atoms with van der Waals surface area (Å²) in [5.41, 5.74) is 2.02. The Balaban J connectivity index is 2.07. The molecule has 0 aromatic heterocycles. The number of nitrogens with zero attached hydrogens (tertiary/aromatic N) is 1. The van der Waals surface area contributed by atoms with Crippen molar-refractivity contribution in [1.82, 2.24) is 5.32 Å². The van der Waals surface area contributed by atoms with Crippen LogP contribution in [0.5, 0.6) is 0 Å². The van der Waals surface area contributed by atoms with E-state index in [1.165, 1.54) is 19.3 Å². The lowest BCUT2D eigenvalue weighted by Crippen LogP contribution is -2.34. The summed E-state index contributed by atoms with van der Waals surface area (Å²) >= 11 is 0.